The van der Waals surface area contributed by atoms with Crippen molar-refractivity contribution in [2.75, 3.05) is 32.8 Å². The molecule has 31 heteroatoms. The van der Waals surface area contributed by atoms with Gasteiger partial charge in [-0.05, 0) is 56.6 Å². The lowest BCUT2D eigenvalue weighted by molar-refractivity contribution is -0.136. The van der Waals surface area contributed by atoms with Gasteiger partial charge in [0.25, 0.3) is 9.05 Å². The Morgan fingerprint density at radius 2 is 0.917 bits per heavy atom. The first kappa shape index (κ1) is 61.9. The van der Waals surface area contributed by atoms with Crippen molar-refractivity contribution < 1.29 is 23.1 Å². The predicted octanol–water partition coefficient (Wildman–Crippen LogP) is -2.65. The van der Waals surface area contributed by atoms with Crippen molar-refractivity contribution in [2.24, 2.45) is 23.7 Å². The van der Waals surface area contributed by atoms with Crippen molar-refractivity contribution in [1.29, 1.82) is 0 Å². The second-order valence-electron chi connectivity index (χ2n) is 16.5. The topological polar surface area (TPSA) is 95.0 Å². The maximum absolute atomic E-state index is 11.6. The Balaban J connectivity index is 0. The third kappa shape index (κ3) is 22.1. The van der Waals surface area contributed by atoms with Gasteiger partial charge in [-0.3, -0.25) is 9.59 Å². The average molecular weight is 813 g/mol. The van der Waals surface area contributed by atoms with E-state index >= 15 is 0 Å². The van der Waals surface area contributed by atoms with Crippen LogP contribution < -0.4 is 0 Å². The molecule has 3 rings (SSSR count). The smallest absolute Gasteiger partial charge is 0.261 e. The molecule has 286 valence electrons. The highest BCUT2D eigenvalue weighted by Gasteiger charge is 2.46. The minimum atomic E-state index is -3.55. The molecule has 2 amide bonds. The van der Waals surface area contributed by atoms with Gasteiger partial charge < -0.3 is 14.9 Å². The Morgan fingerprint density at radius 1 is 0.633 bits per heavy atom. The molecule has 2 aliphatic heterocycles. The molecule has 60 heavy (non-hydrogen) atoms. The molecule has 0 atom stereocenters. The number of aliphatic hydroxyl groups is 1. The number of carbonyl (C=O) groups excluding carboxylic acids is 2. The van der Waals surface area contributed by atoms with Crippen molar-refractivity contribution in [1.82, 2.24) is 9.80 Å². The van der Waals surface area contributed by atoms with Gasteiger partial charge in [-0.25, -0.2) is 8.42 Å². The monoisotopic (exact) mass is 817 g/mol. The predicted molar refractivity (Wildman–Crippen MR) is 283 cm³/mol. The quantitative estimate of drug-likeness (QED) is 0.164. The number of nitrogens with zero attached hydrogens (tertiary/aromatic N) is 2. The number of aryl methyl sites for hydroxylation is 1. The molecule has 2 saturated heterocycles. The maximum atomic E-state index is 11.6. The summed E-state index contributed by atoms with van der Waals surface area (Å²) in [5.74, 6) is 2.11. The first-order chi connectivity index (χ1) is 27.2. The zero-order valence-corrected chi connectivity index (χ0v) is 37.7. The molecular weight excluding hydrogens is 762 g/mol. The molecule has 2 heterocycles. The number of carbonyl (C=O) groups is 2. The third-order valence-electron chi connectivity index (χ3n) is 11.0. The van der Waals surface area contributed by atoms with E-state index in [1.165, 1.54) is 31.4 Å². The number of halogens is 1. The number of hydrogen-bond acceptors (Lipinski definition) is 5. The van der Waals surface area contributed by atoms with Crippen molar-refractivity contribution in [3.05, 3.63) is 29.8 Å². The van der Waals surface area contributed by atoms with Crippen LogP contribution in [-0.4, -0.2) is 225 Å². The molecule has 0 aromatic heterocycles. The molecule has 0 unspecified atom stereocenters. The third-order valence-corrected chi connectivity index (χ3v) is 12.3. The molecule has 24 radical (unpaired) electrons. The van der Waals surface area contributed by atoms with Crippen LogP contribution in [-0.2, 0) is 18.6 Å². The van der Waals surface area contributed by atoms with Crippen LogP contribution in [0.3, 0.4) is 0 Å². The summed E-state index contributed by atoms with van der Waals surface area (Å²) in [6.45, 7) is 15.8. The van der Waals surface area contributed by atoms with Crippen LogP contribution in [0.15, 0.2) is 29.2 Å². The summed E-state index contributed by atoms with van der Waals surface area (Å²) >= 11 is 0. The van der Waals surface area contributed by atoms with Crippen LogP contribution in [0, 0.1) is 30.6 Å². The summed E-state index contributed by atoms with van der Waals surface area (Å²) in [6, 6.07) is 6.37. The van der Waals surface area contributed by atoms with Gasteiger partial charge in [0.1, 0.15) is 0 Å². The van der Waals surface area contributed by atoms with Gasteiger partial charge in [-0.1, -0.05) is 66.2 Å². The van der Waals surface area contributed by atoms with Crippen LogP contribution >= 0.6 is 10.7 Å². The fourth-order valence-corrected chi connectivity index (χ4v) is 8.18. The van der Waals surface area contributed by atoms with Gasteiger partial charge >= 0.3 is 0 Å². The van der Waals surface area contributed by atoms with Crippen molar-refractivity contribution >= 4 is 188 Å². The molecule has 1 N–H and O–H groups in total. The lowest BCUT2D eigenvalue weighted by Crippen LogP contribution is -2.83. The summed E-state index contributed by atoms with van der Waals surface area (Å²) < 4.78 is 21.4. The van der Waals surface area contributed by atoms with Crippen molar-refractivity contribution in [3.8, 4) is 0 Å². The Bertz CT molecular complexity index is 1330. The largest absolute Gasteiger partial charge is 0.396 e. The lowest BCUT2D eigenvalue weighted by atomic mass is 8.36. The first-order valence-corrected chi connectivity index (χ1v) is 22.8. The van der Waals surface area contributed by atoms with Crippen molar-refractivity contribution in [2.45, 2.75) is 86.0 Å². The Kier molecular flexibility index (Phi) is 31.8. The standard InChI is InChI=1S/C11H21NO.C10H19NO2.C7H7ClO2S.CH4.B22/c1-4-10-5-7-12(8-6-10)11(13)9(2)3;1-8(2)10(13)11-5-3-9(7-12)4-6-11;1-6-2-4-7(5-3-6)11(8,9)10;;1-13(2)19(14(3)4)22(20(15(5)6)16(7)8)21(17(9)10)18(11)12/h9-10H,4-8H2,1-3H3;8-9,12H,3-7H2,1-2H3;2-5H,1H3;1H4;. The second kappa shape index (κ2) is 30.8. The highest BCUT2D eigenvalue weighted by molar-refractivity contribution is 8.22. The molecular formula is C29H51B22ClN2O5S. The minimum Gasteiger partial charge on any atom is -0.396 e. The summed E-state index contributed by atoms with van der Waals surface area (Å²) in [5.41, 5.74) is 1.01. The number of amides is 2. The SMILES string of the molecule is C.CC(C)C(=O)N1CCC(CO)CC1.CCC1CCN(C(=O)C(C)C)CC1.Cc1ccc(S(=O)(=O)Cl)cc1.[B]B([B])B(B([B])[B])B(B(B([B])[B])B([B])[B])B(B([B])[B])B([B])[B]. The van der Waals surface area contributed by atoms with E-state index in [0.29, 0.717) is 11.8 Å². The number of benzene rings is 1. The van der Waals surface area contributed by atoms with E-state index in [2.05, 4.69) is 6.92 Å². The van der Waals surface area contributed by atoms with E-state index in [0.717, 1.165) is 50.5 Å². The Morgan fingerprint density at radius 3 is 1.13 bits per heavy atom. The number of aliphatic hydroxyl groups excluding tert-OH is 1. The average Bonchev–Trinajstić information content (AvgIpc) is 3.14. The number of likely N-dealkylation sites (tertiary alicyclic amines) is 2. The fraction of sp³-hybridized carbons (Fsp3) is 0.724. The summed E-state index contributed by atoms with van der Waals surface area (Å²) in [7, 11) is 71.2. The van der Waals surface area contributed by atoms with Crippen LogP contribution in [0.25, 0.3) is 0 Å². The van der Waals surface area contributed by atoms with Gasteiger partial charge in [0.2, 0.25) is 11.8 Å². The molecule has 0 aliphatic carbocycles. The van der Waals surface area contributed by atoms with Crippen LogP contribution in [0.2, 0.25) is 0 Å². The molecule has 2 fully saturated rings. The summed E-state index contributed by atoms with van der Waals surface area (Å²) in [5, 5.41) is 8.92. The normalized spacial score (nSPS) is 14.0. The van der Waals surface area contributed by atoms with E-state index in [9.17, 15) is 18.0 Å². The van der Waals surface area contributed by atoms with Gasteiger partial charge in [0.15, 0.2) is 0 Å². The van der Waals surface area contributed by atoms with Gasteiger partial charge in [-0.15, -0.1) is 0 Å². The fourth-order valence-electron chi connectivity index (χ4n) is 7.41. The molecule has 7 nitrogen and oxygen atoms in total. The Hall–Kier alpha value is -0.211. The molecule has 1 aromatic carbocycles. The molecule has 0 spiro atoms. The summed E-state index contributed by atoms with van der Waals surface area (Å²) in [6.07, 6.45) is -2.76. The van der Waals surface area contributed by atoms with E-state index in [1.807, 2.05) is 44.4 Å². The number of hydrogen-bond donors (Lipinski definition) is 1. The Labute approximate surface area is 391 Å². The number of rotatable bonds is 14. The molecule has 0 bridgehead atoms. The van der Waals surface area contributed by atoms with Crippen molar-refractivity contribution in [3.63, 3.8) is 0 Å². The van der Waals surface area contributed by atoms with Crippen LogP contribution in [0.5, 0.6) is 0 Å². The minimum absolute atomic E-state index is 0. The molecule has 0 saturated carbocycles. The van der Waals surface area contributed by atoms with Crippen LogP contribution in [0.4, 0.5) is 0 Å². The zero-order chi connectivity index (χ0) is 45.9. The lowest BCUT2D eigenvalue weighted by Gasteiger charge is -2.45. The van der Waals surface area contributed by atoms with E-state index in [1.54, 1.807) is 12.1 Å². The number of piperidine rings is 2. The van der Waals surface area contributed by atoms with E-state index in [-0.39, 0.29) is 36.7 Å². The van der Waals surface area contributed by atoms with Gasteiger partial charge in [0, 0.05) is 212 Å². The first-order valence-electron chi connectivity index (χ1n) is 20.5. The maximum Gasteiger partial charge on any atom is 0.261 e. The highest BCUT2D eigenvalue weighted by Crippen LogP contribution is 2.21. The van der Waals surface area contributed by atoms with E-state index < -0.39 is 72.9 Å². The van der Waals surface area contributed by atoms with Crippen LogP contribution in [0.1, 0.15) is 79.7 Å². The van der Waals surface area contributed by atoms with E-state index in [4.69, 9.17) is 109 Å². The van der Waals surface area contributed by atoms with Gasteiger partial charge in [0.05, 0.1) is 4.90 Å². The zero-order valence-electron chi connectivity index (χ0n) is 36.2. The van der Waals surface area contributed by atoms with Gasteiger partial charge in [-0.2, -0.15) is 0 Å². The second-order valence-corrected chi connectivity index (χ2v) is 19.0. The summed E-state index contributed by atoms with van der Waals surface area (Å²) in [4.78, 5) is 27.3. The molecule has 2 aliphatic rings. The molecule has 1 aromatic rings. The highest BCUT2D eigenvalue weighted by atomic mass is 35.7.